The highest BCUT2D eigenvalue weighted by atomic mass is 35.5. The van der Waals surface area contributed by atoms with Crippen molar-refractivity contribution in [2.45, 2.75) is 0 Å². The summed E-state index contributed by atoms with van der Waals surface area (Å²) in [6, 6.07) is 2.72. The molecule has 0 atom stereocenters. The third-order valence-electron chi connectivity index (χ3n) is 1.78. The Balaban J connectivity index is 2.34. The van der Waals surface area contributed by atoms with Crippen LogP contribution in [0.25, 0.3) is 0 Å². The van der Waals surface area contributed by atoms with Crippen LogP contribution >= 0.6 is 11.6 Å². The topological polar surface area (TPSA) is 61.0 Å². The number of nitrogens with zero attached hydrogens (tertiary/aromatic N) is 2. The van der Waals surface area contributed by atoms with Crippen LogP contribution < -0.4 is 10.5 Å². The summed E-state index contributed by atoms with van der Waals surface area (Å²) >= 11 is 5.73. The molecule has 2 N–H and O–H groups in total. The Hall–Kier alpha value is -1.95. The third kappa shape index (κ3) is 2.79. The molecule has 2 aromatic rings. The van der Waals surface area contributed by atoms with Gasteiger partial charge in [0.1, 0.15) is 22.4 Å². The summed E-state index contributed by atoms with van der Waals surface area (Å²) in [6.45, 7) is 0. The van der Waals surface area contributed by atoms with Gasteiger partial charge in [-0.2, -0.15) is 4.98 Å². The lowest BCUT2D eigenvalue weighted by Gasteiger charge is -2.06. The summed E-state index contributed by atoms with van der Waals surface area (Å²) in [5, 5.41) is 0.0869. The average molecular weight is 258 g/mol. The zero-order valence-corrected chi connectivity index (χ0v) is 9.08. The SMILES string of the molecule is Nc1ncc(Cl)c(Oc2cc(F)cc(F)c2)n1. The van der Waals surface area contributed by atoms with Crippen LogP contribution in [0.1, 0.15) is 0 Å². The molecule has 88 valence electrons. The minimum Gasteiger partial charge on any atom is -0.437 e. The first-order valence-corrected chi connectivity index (χ1v) is 4.84. The lowest BCUT2D eigenvalue weighted by atomic mass is 10.3. The molecule has 0 unspecified atom stereocenters. The van der Waals surface area contributed by atoms with E-state index in [1.54, 1.807) is 0 Å². The van der Waals surface area contributed by atoms with E-state index in [0.29, 0.717) is 0 Å². The normalized spacial score (nSPS) is 10.3. The highest BCUT2D eigenvalue weighted by Gasteiger charge is 2.08. The molecule has 17 heavy (non-hydrogen) atoms. The van der Waals surface area contributed by atoms with Gasteiger partial charge in [-0.05, 0) is 0 Å². The summed E-state index contributed by atoms with van der Waals surface area (Å²) in [4.78, 5) is 7.32. The average Bonchev–Trinajstić information content (AvgIpc) is 2.22. The fourth-order valence-electron chi connectivity index (χ4n) is 1.13. The van der Waals surface area contributed by atoms with E-state index in [2.05, 4.69) is 9.97 Å². The van der Waals surface area contributed by atoms with Crippen molar-refractivity contribution in [2.75, 3.05) is 5.73 Å². The van der Waals surface area contributed by atoms with Crippen LogP contribution in [0.4, 0.5) is 14.7 Å². The number of ether oxygens (including phenoxy) is 1. The quantitative estimate of drug-likeness (QED) is 0.899. The largest absolute Gasteiger partial charge is 0.437 e. The molecule has 0 radical (unpaired) electrons. The van der Waals surface area contributed by atoms with Crippen molar-refractivity contribution in [3.8, 4) is 11.6 Å². The van der Waals surface area contributed by atoms with E-state index in [1.807, 2.05) is 0 Å². The molecule has 0 aliphatic rings. The van der Waals surface area contributed by atoms with Crippen molar-refractivity contribution >= 4 is 17.5 Å². The highest BCUT2D eigenvalue weighted by Crippen LogP contribution is 2.27. The minimum absolute atomic E-state index is 0.0544. The van der Waals surface area contributed by atoms with Gasteiger partial charge in [-0.3, -0.25) is 0 Å². The number of rotatable bonds is 2. The fraction of sp³-hybridized carbons (Fsp3) is 0. The van der Waals surface area contributed by atoms with Gasteiger partial charge in [-0.1, -0.05) is 11.6 Å². The first kappa shape index (κ1) is 11.5. The second kappa shape index (κ2) is 4.50. The third-order valence-corrected chi connectivity index (χ3v) is 2.04. The summed E-state index contributed by atoms with van der Waals surface area (Å²) in [5.41, 5.74) is 5.33. The number of benzene rings is 1. The van der Waals surface area contributed by atoms with Crippen molar-refractivity contribution < 1.29 is 13.5 Å². The van der Waals surface area contributed by atoms with Gasteiger partial charge in [0, 0.05) is 18.2 Å². The van der Waals surface area contributed by atoms with Gasteiger partial charge in [0.05, 0.1) is 6.20 Å². The van der Waals surface area contributed by atoms with E-state index in [0.717, 1.165) is 18.2 Å². The zero-order chi connectivity index (χ0) is 12.4. The Morgan fingerprint density at radius 3 is 2.47 bits per heavy atom. The molecule has 0 aliphatic carbocycles. The van der Waals surface area contributed by atoms with Gasteiger partial charge >= 0.3 is 0 Å². The standard InChI is InChI=1S/C10H6ClF2N3O/c11-8-4-15-10(14)16-9(8)17-7-2-5(12)1-6(13)3-7/h1-4H,(H2,14,15,16). The van der Waals surface area contributed by atoms with Gasteiger partial charge in [0.25, 0.3) is 0 Å². The van der Waals surface area contributed by atoms with Gasteiger partial charge in [0.2, 0.25) is 11.8 Å². The summed E-state index contributed by atoms with van der Waals surface area (Å²) < 4.78 is 30.9. The van der Waals surface area contributed by atoms with Crippen LogP contribution in [-0.4, -0.2) is 9.97 Å². The number of nitrogen functional groups attached to an aromatic ring is 1. The number of hydrogen-bond donors (Lipinski definition) is 1. The van der Waals surface area contributed by atoms with Crippen molar-refractivity contribution in [2.24, 2.45) is 0 Å². The van der Waals surface area contributed by atoms with Gasteiger partial charge in [-0.25, -0.2) is 13.8 Å². The van der Waals surface area contributed by atoms with Crippen LogP contribution in [0.15, 0.2) is 24.4 Å². The Morgan fingerprint density at radius 2 is 1.82 bits per heavy atom. The highest BCUT2D eigenvalue weighted by molar-refractivity contribution is 6.31. The summed E-state index contributed by atoms with van der Waals surface area (Å²) in [5.74, 6) is -1.72. The monoisotopic (exact) mass is 257 g/mol. The van der Waals surface area contributed by atoms with E-state index in [-0.39, 0.29) is 22.6 Å². The first-order chi connectivity index (χ1) is 8.04. The second-order valence-corrected chi connectivity index (χ2v) is 3.50. The Bertz CT molecular complexity index is 545. The van der Waals surface area contributed by atoms with E-state index >= 15 is 0 Å². The van der Waals surface area contributed by atoms with Gasteiger partial charge in [0.15, 0.2) is 0 Å². The Morgan fingerprint density at radius 1 is 1.18 bits per heavy atom. The maximum Gasteiger partial charge on any atom is 0.243 e. The van der Waals surface area contributed by atoms with Crippen molar-refractivity contribution in [1.82, 2.24) is 9.97 Å². The first-order valence-electron chi connectivity index (χ1n) is 4.46. The maximum atomic E-state index is 12.9. The van der Waals surface area contributed by atoms with Crippen molar-refractivity contribution in [3.63, 3.8) is 0 Å². The minimum atomic E-state index is -0.766. The van der Waals surface area contributed by atoms with Gasteiger partial charge in [-0.15, -0.1) is 0 Å². The van der Waals surface area contributed by atoms with E-state index in [1.165, 1.54) is 6.20 Å². The molecular formula is C10H6ClF2N3O. The molecule has 7 heteroatoms. The molecular weight excluding hydrogens is 252 g/mol. The predicted octanol–water partition coefficient (Wildman–Crippen LogP) is 2.78. The van der Waals surface area contributed by atoms with E-state index < -0.39 is 11.6 Å². The predicted molar refractivity (Wildman–Crippen MR) is 57.9 cm³/mol. The lowest BCUT2D eigenvalue weighted by molar-refractivity contribution is 0.451. The molecule has 0 fully saturated rings. The Kier molecular flexibility index (Phi) is 3.06. The molecule has 1 aromatic carbocycles. The lowest BCUT2D eigenvalue weighted by Crippen LogP contribution is -1.97. The molecule has 2 rings (SSSR count). The summed E-state index contributed by atoms with van der Waals surface area (Å²) in [6.07, 6.45) is 1.23. The van der Waals surface area contributed by atoms with Crippen LogP contribution in [-0.2, 0) is 0 Å². The van der Waals surface area contributed by atoms with Crippen LogP contribution in [0.3, 0.4) is 0 Å². The van der Waals surface area contributed by atoms with E-state index in [9.17, 15) is 8.78 Å². The number of anilines is 1. The molecule has 1 heterocycles. The van der Waals surface area contributed by atoms with Crippen LogP contribution in [0.2, 0.25) is 5.02 Å². The van der Waals surface area contributed by atoms with Crippen molar-refractivity contribution in [1.29, 1.82) is 0 Å². The van der Waals surface area contributed by atoms with Crippen molar-refractivity contribution in [3.05, 3.63) is 41.1 Å². The van der Waals surface area contributed by atoms with Crippen LogP contribution in [0, 0.1) is 11.6 Å². The second-order valence-electron chi connectivity index (χ2n) is 3.09. The molecule has 0 aliphatic heterocycles. The van der Waals surface area contributed by atoms with Gasteiger partial charge < -0.3 is 10.5 Å². The smallest absolute Gasteiger partial charge is 0.243 e. The number of halogens is 3. The zero-order valence-electron chi connectivity index (χ0n) is 8.32. The van der Waals surface area contributed by atoms with Crippen LogP contribution in [0.5, 0.6) is 11.6 Å². The molecule has 0 saturated carbocycles. The molecule has 4 nitrogen and oxygen atoms in total. The number of aromatic nitrogens is 2. The maximum absolute atomic E-state index is 12.9. The molecule has 0 amide bonds. The Labute approximate surface area is 100 Å². The molecule has 1 aromatic heterocycles. The number of nitrogens with two attached hydrogens (primary N) is 1. The number of hydrogen-bond acceptors (Lipinski definition) is 4. The molecule has 0 spiro atoms. The fourth-order valence-corrected chi connectivity index (χ4v) is 1.26. The summed E-state index contributed by atoms with van der Waals surface area (Å²) in [7, 11) is 0. The molecule has 0 saturated heterocycles. The van der Waals surface area contributed by atoms with E-state index in [4.69, 9.17) is 22.1 Å². The molecule has 0 bridgehead atoms.